The fourth-order valence-electron chi connectivity index (χ4n) is 2.98. The van der Waals surface area contributed by atoms with Crippen molar-refractivity contribution in [3.05, 3.63) is 0 Å². The van der Waals surface area contributed by atoms with Gasteiger partial charge in [0.1, 0.15) is 13.1 Å². The van der Waals surface area contributed by atoms with Crippen molar-refractivity contribution < 1.29 is 9.80 Å². The van der Waals surface area contributed by atoms with Gasteiger partial charge in [0.25, 0.3) is 0 Å². The van der Waals surface area contributed by atoms with E-state index in [4.69, 9.17) is 0 Å². The number of hydrogen-bond donors (Lipinski definition) is 2. The summed E-state index contributed by atoms with van der Waals surface area (Å²) in [5.74, 6) is 1.03. The molecule has 1 unspecified atom stereocenters. The molecule has 0 bridgehead atoms. The van der Waals surface area contributed by atoms with Crippen LogP contribution in [0.1, 0.15) is 46.0 Å². The predicted octanol–water partition coefficient (Wildman–Crippen LogP) is 0.00610. The first-order chi connectivity index (χ1) is 7.76. The Balaban J connectivity index is 2.11. The molecule has 1 atom stereocenters. The molecular formula is C14H32N2+2. The van der Waals surface area contributed by atoms with E-state index in [0.29, 0.717) is 0 Å². The number of nitrogens with one attached hydrogen (secondary N) is 2. The summed E-state index contributed by atoms with van der Waals surface area (Å²) < 4.78 is 0. The Labute approximate surface area is 102 Å². The van der Waals surface area contributed by atoms with Crippen molar-refractivity contribution in [3.63, 3.8) is 0 Å². The first-order valence-electron chi connectivity index (χ1n) is 7.41. The number of likely N-dealkylation sites (N-methyl/N-ethyl adjacent to an activating group) is 2. The van der Waals surface area contributed by atoms with Gasteiger partial charge < -0.3 is 9.80 Å². The third kappa shape index (κ3) is 5.31. The maximum absolute atomic E-state index is 2.39. The Morgan fingerprint density at radius 3 is 2.12 bits per heavy atom. The summed E-state index contributed by atoms with van der Waals surface area (Å²) in [6, 6.07) is 0. The molecule has 96 valence electrons. The predicted molar refractivity (Wildman–Crippen MR) is 70.1 cm³/mol. The molecule has 0 aromatic carbocycles. The molecule has 0 radical (unpaired) electrons. The molecule has 0 amide bonds. The van der Waals surface area contributed by atoms with Crippen LogP contribution >= 0.6 is 0 Å². The third-order valence-corrected chi connectivity index (χ3v) is 4.27. The van der Waals surface area contributed by atoms with Crippen LogP contribution in [0.2, 0.25) is 0 Å². The van der Waals surface area contributed by atoms with E-state index in [2.05, 4.69) is 20.9 Å². The second-order valence-corrected chi connectivity index (χ2v) is 5.62. The van der Waals surface area contributed by atoms with Crippen molar-refractivity contribution in [1.29, 1.82) is 0 Å². The van der Waals surface area contributed by atoms with Crippen LogP contribution in [0.25, 0.3) is 0 Å². The topological polar surface area (TPSA) is 8.88 Å². The summed E-state index contributed by atoms with van der Waals surface area (Å²) >= 11 is 0. The molecule has 1 fully saturated rings. The van der Waals surface area contributed by atoms with E-state index >= 15 is 0 Å². The van der Waals surface area contributed by atoms with Crippen molar-refractivity contribution in [2.45, 2.75) is 46.0 Å². The van der Waals surface area contributed by atoms with E-state index in [9.17, 15) is 0 Å². The Morgan fingerprint density at radius 1 is 0.938 bits per heavy atom. The highest BCUT2D eigenvalue weighted by Gasteiger charge is 2.18. The summed E-state index contributed by atoms with van der Waals surface area (Å²) in [7, 11) is 2.39. The van der Waals surface area contributed by atoms with Crippen molar-refractivity contribution in [1.82, 2.24) is 0 Å². The van der Waals surface area contributed by atoms with Crippen LogP contribution in [0, 0.1) is 5.92 Å². The highest BCUT2D eigenvalue weighted by atomic mass is 15.2. The minimum absolute atomic E-state index is 1.03. The molecule has 0 saturated heterocycles. The van der Waals surface area contributed by atoms with Gasteiger partial charge in [0, 0.05) is 5.92 Å². The van der Waals surface area contributed by atoms with Crippen molar-refractivity contribution in [2.24, 2.45) is 5.92 Å². The summed E-state index contributed by atoms with van der Waals surface area (Å²) in [5.41, 5.74) is 0. The van der Waals surface area contributed by atoms with Gasteiger partial charge in [-0.15, -0.1) is 0 Å². The van der Waals surface area contributed by atoms with E-state index in [-0.39, 0.29) is 0 Å². The zero-order chi connectivity index (χ0) is 11.8. The Kier molecular flexibility index (Phi) is 7.06. The van der Waals surface area contributed by atoms with Crippen LogP contribution in [0.3, 0.4) is 0 Å². The average molecular weight is 228 g/mol. The van der Waals surface area contributed by atoms with Crippen molar-refractivity contribution >= 4 is 0 Å². The summed E-state index contributed by atoms with van der Waals surface area (Å²) in [5, 5.41) is 0. The number of rotatable bonds is 7. The van der Waals surface area contributed by atoms with Gasteiger partial charge in [-0.2, -0.15) is 0 Å². The van der Waals surface area contributed by atoms with Gasteiger partial charge >= 0.3 is 0 Å². The summed E-state index contributed by atoms with van der Waals surface area (Å²) in [4.78, 5) is 3.51. The van der Waals surface area contributed by atoms with Gasteiger partial charge in [0.05, 0.1) is 26.7 Å². The molecule has 2 heteroatoms. The first kappa shape index (κ1) is 14.0. The number of hydrogen-bond acceptors (Lipinski definition) is 0. The van der Waals surface area contributed by atoms with Gasteiger partial charge in [-0.05, 0) is 26.7 Å². The van der Waals surface area contributed by atoms with Crippen molar-refractivity contribution in [3.8, 4) is 0 Å². The van der Waals surface area contributed by atoms with Crippen LogP contribution in [-0.4, -0.2) is 39.8 Å². The van der Waals surface area contributed by atoms with E-state index in [1.54, 1.807) is 9.80 Å². The average Bonchev–Trinajstić information content (AvgIpc) is 2.31. The molecule has 0 aliphatic heterocycles. The lowest BCUT2D eigenvalue weighted by molar-refractivity contribution is -0.948. The molecule has 2 N–H and O–H groups in total. The maximum Gasteiger partial charge on any atom is 0.127 e. The van der Waals surface area contributed by atoms with Crippen LogP contribution in [0.5, 0.6) is 0 Å². The molecule has 0 aromatic rings. The smallest absolute Gasteiger partial charge is 0.127 e. The fraction of sp³-hybridized carbons (Fsp3) is 1.00. The SMILES string of the molecule is CC[NH+](CC)CC[NH+](C)CC1CCCCC1. The Morgan fingerprint density at radius 2 is 1.56 bits per heavy atom. The van der Waals surface area contributed by atoms with Crippen LogP contribution < -0.4 is 9.80 Å². The zero-order valence-corrected chi connectivity index (χ0v) is 11.6. The lowest BCUT2D eigenvalue weighted by atomic mass is 9.89. The molecular weight excluding hydrogens is 196 g/mol. The standard InChI is InChI=1S/C14H30N2/c1-4-16(5-2)12-11-15(3)13-14-9-7-6-8-10-14/h14H,4-13H2,1-3H3/p+2. The van der Waals surface area contributed by atoms with Gasteiger partial charge in [0.15, 0.2) is 0 Å². The van der Waals surface area contributed by atoms with Crippen molar-refractivity contribution in [2.75, 3.05) is 39.8 Å². The molecule has 0 aromatic heterocycles. The lowest BCUT2D eigenvalue weighted by Crippen LogP contribution is -3.19. The molecule has 1 rings (SSSR count). The zero-order valence-electron chi connectivity index (χ0n) is 11.6. The minimum atomic E-state index is 1.03. The molecule has 2 nitrogen and oxygen atoms in total. The Hall–Kier alpha value is -0.0800. The lowest BCUT2D eigenvalue weighted by Gasteiger charge is -2.25. The maximum atomic E-state index is 2.39. The fourth-order valence-corrected chi connectivity index (χ4v) is 2.98. The minimum Gasteiger partial charge on any atom is -0.332 e. The number of quaternary nitrogens is 2. The van der Waals surface area contributed by atoms with Gasteiger partial charge in [-0.1, -0.05) is 19.3 Å². The molecule has 1 aliphatic carbocycles. The van der Waals surface area contributed by atoms with Gasteiger partial charge in [0.2, 0.25) is 0 Å². The molecule has 16 heavy (non-hydrogen) atoms. The molecule has 1 saturated carbocycles. The second-order valence-electron chi connectivity index (χ2n) is 5.62. The monoisotopic (exact) mass is 228 g/mol. The normalized spacial score (nSPS) is 20.2. The van der Waals surface area contributed by atoms with Gasteiger partial charge in [-0.25, -0.2) is 0 Å². The first-order valence-corrected chi connectivity index (χ1v) is 7.41. The largest absolute Gasteiger partial charge is 0.332 e. The molecule has 1 aliphatic rings. The summed E-state index contributed by atoms with van der Waals surface area (Å²) in [6.45, 7) is 11.3. The molecule has 0 heterocycles. The highest BCUT2D eigenvalue weighted by molar-refractivity contribution is 4.63. The summed E-state index contributed by atoms with van der Waals surface area (Å²) in [6.07, 6.45) is 7.45. The third-order valence-electron chi connectivity index (χ3n) is 4.27. The Bertz CT molecular complexity index is 160. The second kappa shape index (κ2) is 8.08. The quantitative estimate of drug-likeness (QED) is 0.607. The van der Waals surface area contributed by atoms with Crippen LogP contribution in [0.15, 0.2) is 0 Å². The van der Waals surface area contributed by atoms with E-state index < -0.39 is 0 Å². The highest BCUT2D eigenvalue weighted by Crippen LogP contribution is 2.21. The van der Waals surface area contributed by atoms with Gasteiger partial charge in [-0.3, -0.25) is 0 Å². The van der Waals surface area contributed by atoms with E-state index in [1.165, 1.54) is 64.8 Å². The van der Waals surface area contributed by atoms with Crippen LogP contribution in [-0.2, 0) is 0 Å². The molecule has 0 spiro atoms. The van der Waals surface area contributed by atoms with Crippen LogP contribution in [0.4, 0.5) is 0 Å². The van der Waals surface area contributed by atoms with E-state index in [1.807, 2.05) is 0 Å². The van der Waals surface area contributed by atoms with E-state index in [0.717, 1.165) is 5.92 Å².